The lowest BCUT2D eigenvalue weighted by Gasteiger charge is -2.22. The zero-order valence-electron chi connectivity index (χ0n) is 11.1. The molecule has 0 spiro atoms. The van der Waals surface area contributed by atoms with Gasteiger partial charge in [0.2, 0.25) is 10.0 Å². The summed E-state index contributed by atoms with van der Waals surface area (Å²) in [6.45, 7) is 0. The molecule has 1 heterocycles. The third kappa shape index (κ3) is 3.54. The molecule has 2 rings (SSSR count). The minimum absolute atomic E-state index is 0.0629. The standard InChI is InChI=1S/C13H18N4O2S/c14-8-10-6-7-11(9-16-10)20(18,19)17-13-5-3-1-2-4-12(13)15/h6-7,9,12-13,17H,1-5,15H2. The highest BCUT2D eigenvalue weighted by atomic mass is 32.2. The number of nitrogens with zero attached hydrogens (tertiary/aromatic N) is 2. The predicted molar refractivity (Wildman–Crippen MR) is 74.1 cm³/mol. The van der Waals surface area contributed by atoms with Crippen molar-refractivity contribution in [2.24, 2.45) is 5.73 Å². The average molecular weight is 294 g/mol. The van der Waals surface area contributed by atoms with Crippen LogP contribution in [0.2, 0.25) is 0 Å². The van der Waals surface area contributed by atoms with Crippen LogP contribution in [0.4, 0.5) is 0 Å². The Bertz CT molecular complexity index is 592. The van der Waals surface area contributed by atoms with E-state index in [-0.39, 0.29) is 22.7 Å². The summed E-state index contributed by atoms with van der Waals surface area (Å²) in [6, 6.07) is 4.24. The highest BCUT2D eigenvalue weighted by Crippen LogP contribution is 2.19. The van der Waals surface area contributed by atoms with Gasteiger partial charge in [-0.25, -0.2) is 18.1 Å². The lowest BCUT2D eigenvalue weighted by molar-refractivity contribution is 0.456. The van der Waals surface area contributed by atoms with Gasteiger partial charge in [-0.15, -0.1) is 0 Å². The molecule has 2 unspecified atom stereocenters. The number of pyridine rings is 1. The fraction of sp³-hybridized carbons (Fsp3) is 0.538. The SMILES string of the molecule is N#Cc1ccc(S(=O)(=O)NC2CCCCCC2N)cn1. The molecule has 0 aromatic carbocycles. The van der Waals surface area contributed by atoms with Crippen LogP contribution in [0.3, 0.4) is 0 Å². The van der Waals surface area contributed by atoms with Gasteiger partial charge in [0.15, 0.2) is 0 Å². The third-order valence-corrected chi connectivity index (χ3v) is 5.01. The first-order chi connectivity index (χ1) is 9.53. The molecule has 6 nitrogen and oxygen atoms in total. The lowest BCUT2D eigenvalue weighted by Crippen LogP contribution is -2.46. The Kier molecular flexibility index (Phi) is 4.70. The van der Waals surface area contributed by atoms with Crippen molar-refractivity contribution in [2.75, 3.05) is 0 Å². The molecule has 1 aromatic rings. The van der Waals surface area contributed by atoms with Crippen molar-refractivity contribution in [3.63, 3.8) is 0 Å². The Balaban J connectivity index is 2.15. The van der Waals surface area contributed by atoms with Crippen LogP contribution in [0.25, 0.3) is 0 Å². The van der Waals surface area contributed by atoms with Crippen LogP contribution in [-0.2, 0) is 10.0 Å². The molecule has 1 aliphatic rings. The Hall–Kier alpha value is -1.49. The van der Waals surface area contributed by atoms with E-state index >= 15 is 0 Å². The lowest BCUT2D eigenvalue weighted by atomic mass is 10.1. The number of nitrogens with two attached hydrogens (primary N) is 1. The first-order valence-electron chi connectivity index (χ1n) is 6.67. The number of hydrogen-bond acceptors (Lipinski definition) is 5. The minimum Gasteiger partial charge on any atom is -0.326 e. The number of sulfonamides is 1. The van der Waals surface area contributed by atoms with Crippen LogP contribution in [0.15, 0.2) is 23.2 Å². The third-order valence-electron chi connectivity index (χ3n) is 3.54. The van der Waals surface area contributed by atoms with Crippen molar-refractivity contribution in [2.45, 2.75) is 49.1 Å². The fourth-order valence-corrected chi connectivity index (χ4v) is 3.62. The molecule has 20 heavy (non-hydrogen) atoms. The first kappa shape index (κ1) is 14.9. The highest BCUT2D eigenvalue weighted by molar-refractivity contribution is 7.89. The summed E-state index contributed by atoms with van der Waals surface area (Å²) in [4.78, 5) is 3.85. The second-order valence-corrected chi connectivity index (χ2v) is 6.73. The monoisotopic (exact) mass is 294 g/mol. The van der Waals surface area contributed by atoms with Crippen LogP contribution in [0.1, 0.15) is 37.8 Å². The van der Waals surface area contributed by atoms with Gasteiger partial charge in [-0.2, -0.15) is 5.26 Å². The molecule has 1 aromatic heterocycles. The number of hydrogen-bond donors (Lipinski definition) is 2. The maximum atomic E-state index is 12.3. The quantitative estimate of drug-likeness (QED) is 0.805. The summed E-state index contributed by atoms with van der Waals surface area (Å²) in [5, 5.41) is 8.66. The first-order valence-corrected chi connectivity index (χ1v) is 8.15. The van der Waals surface area contributed by atoms with E-state index < -0.39 is 10.0 Å². The van der Waals surface area contributed by atoms with Crippen LogP contribution in [0, 0.1) is 11.3 Å². The molecule has 3 N–H and O–H groups in total. The molecular weight excluding hydrogens is 276 g/mol. The molecule has 2 atom stereocenters. The molecular formula is C13H18N4O2S. The van der Waals surface area contributed by atoms with E-state index in [4.69, 9.17) is 11.0 Å². The van der Waals surface area contributed by atoms with E-state index in [0.717, 1.165) is 32.1 Å². The van der Waals surface area contributed by atoms with Gasteiger partial charge in [0.05, 0.1) is 0 Å². The van der Waals surface area contributed by atoms with Gasteiger partial charge in [-0.3, -0.25) is 0 Å². The fourth-order valence-electron chi connectivity index (χ4n) is 2.36. The largest absolute Gasteiger partial charge is 0.326 e. The number of rotatable bonds is 3. The Morgan fingerprint density at radius 1 is 1.30 bits per heavy atom. The van der Waals surface area contributed by atoms with Gasteiger partial charge < -0.3 is 5.73 Å². The van der Waals surface area contributed by atoms with Crippen LogP contribution >= 0.6 is 0 Å². The number of nitriles is 1. The Morgan fingerprint density at radius 3 is 2.70 bits per heavy atom. The summed E-state index contributed by atoms with van der Waals surface area (Å²) in [7, 11) is -3.64. The van der Waals surface area contributed by atoms with E-state index in [1.807, 2.05) is 6.07 Å². The predicted octanol–water partition coefficient (Wildman–Crippen LogP) is 0.892. The molecule has 0 amide bonds. The van der Waals surface area contributed by atoms with Crippen molar-refractivity contribution in [3.05, 3.63) is 24.0 Å². The van der Waals surface area contributed by atoms with Crippen molar-refractivity contribution in [1.29, 1.82) is 5.26 Å². The van der Waals surface area contributed by atoms with E-state index in [9.17, 15) is 8.42 Å². The van der Waals surface area contributed by atoms with E-state index in [1.165, 1.54) is 18.3 Å². The molecule has 0 aliphatic heterocycles. The average Bonchev–Trinajstić information content (AvgIpc) is 2.64. The Labute approximate surface area is 119 Å². The van der Waals surface area contributed by atoms with Gasteiger partial charge in [-0.05, 0) is 25.0 Å². The van der Waals surface area contributed by atoms with E-state index in [1.54, 1.807) is 0 Å². The topological polar surface area (TPSA) is 109 Å². The van der Waals surface area contributed by atoms with Crippen LogP contribution in [0.5, 0.6) is 0 Å². The van der Waals surface area contributed by atoms with Gasteiger partial charge in [0.25, 0.3) is 0 Å². The summed E-state index contributed by atoms with van der Waals surface area (Å²) in [5.41, 5.74) is 6.21. The summed E-state index contributed by atoms with van der Waals surface area (Å²) in [6.07, 6.45) is 5.89. The second-order valence-electron chi connectivity index (χ2n) is 5.02. The molecule has 0 radical (unpaired) electrons. The zero-order chi connectivity index (χ0) is 14.6. The van der Waals surface area contributed by atoms with Crippen LogP contribution in [-0.4, -0.2) is 25.5 Å². The maximum Gasteiger partial charge on any atom is 0.242 e. The number of nitrogens with one attached hydrogen (secondary N) is 1. The molecule has 1 saturated carbocycles. The molecule has 0 bridgehead atoms. The molecule has 0 saturated heterocycles. The molecule has 7 heteroatoms. The van der Waals surface area contributed by atoms with Gasteiger partial charge in [-0.1, -0.05) is 19.3 Å². The minimum atomic E-state index is -3.64. The van der Waals surface area contributed by atoms with E-state index in [0.29, 0.717) is 0 Å². The smallest absolute Gasteiger partial charge is 0.242 e. The van der Waals surface area contributed by atoms with Crippen molar-refractivity contribution in [3.8, 4) is 6.07 Å². The molecule has 1 fully saturated rings. The van der Waals surface area contributed by atoms with Crippen LogP contribution < -0.4 is 10.5 Å². The summed E-state index contributed by atoms with van der Waals surface area (Å²) in [5.74, 6) is 0. The normalized spacial score (nSPS) is 23.8. The maximum absolute atomic E-state index is 12.3. The molecule has 108 valence electrons. The van der Waals surface area contributed by atoms with Crippen molar-refractivity contribution in [1.82, 2.24) is 9.71 Å². The van der Waals surface area contributed by atoms with Gasteiger partial charge in [0.1, 0.15) is 16.7 Å². The Morgan fingerprint density at radius 2 is 2.05 bits per heavy atom. The van der Waals surface area contributed by atoms with Gasteiger partial charge in [0, 0.05) is 18.3 Å². The summed E-state index contributed by atoms with van der Waals surface area (Å²) >= 11 is 0. The highest BCUT2D eigenvalue weighted by Gasteiger charge is 2.26. The van der Waals surface area contributed by atoms with Gasteiger partial charge >= 0.3 is 0 Å². The second kappa shape index (κ2) is 6.31. The number of aromatic nitrogens is 1. The van der Waals surface area contributed by atoms with E-state index in [2.05, 4.69) is 9.71 Å². The summed E-state index contributed by atoms with van der Waals surface area (Å²) < 4.78 is 27.2. The molecule has 1 aliphatic carbocycles. The van der Waals surface area contributed by atoms with Crippen molar-refractivity contribution >= 4 is 10.0 Å². The zero-order valence-corrected chi connectivity index (χ0v) is 11.9. The van der Waals surface area contributed by atoms with Crippen molar-refractivity contribution < 1.29 is 8.42 Å².